The lowest BCUT2D eigenvalue weighted by atomic mass is 10.0. The molecule has 19 heavy (non-hydrogen) atoms. The van der Waals surface area contributed by atoms with Gasteiger partial charge in [0.1, 0.15) is 6.33 Å². The number of aryl methyl sites for hydroxylation is 2. The van der Waals surface area contributed by atoms with Crippen LogP contribution in [0.2, 0.25) is 0 Å². The molecular formula is C15H19N3S. The third kappa shape index (κ3) is 3.78. The van der Waals surface area contributed by atoms with Crippen molar-refractivity contribution in [3.8, 4) is 0 Å². The summed E-state index contributed by atoms with van der Waals surface area (Å²) >= 11 is 1.75. The minimum absolute atomic E-state index is 0.334. The Kier molecular flexibility index (Phi) is 4.93. The lowest BCUT2D eigenvalue weighted by Crippen LogP contribution is -2.19. The number of aromatic nitrogens is 2. The molecule has 100 valence electrons. The molecule has 0 amide bonds. The smallest absolute Gasteiger partial charge is 0.116 e. The first-order valence-corrected chi connectivity index (χ1v) is 7.32. The Hall–Kier alpha value is -1.39. The molecule has 1 N–H and O–H groups in total. The van der Waals surface area contributed by atoms with Gasteiger partial charge in [-0.1, -0.05) is 23.8 Å². The van der Waals surface area contributed by atoms with Gasteiger partial charge >= 0.3 is 0 Å². The average molecular weight is 273 g/mol. The van der Waals surface area contributed by atoms with E-state index in [2.05, 4.69) is 47.3 Å². The fourth-order valence-corrected chi connectivity index (χ4v) is 3.04. The zero-order valence-electron chi connectivity index (χ0n) is 11.6. The molecule has 0 fully saturated rings. The summed E-state index contributed by atoms with van der Waals surface area (Å²) in [6.07, 6.45) is 3.37. The molecule has 1 aromatic heterocycles. The van der Waals surface area contributed by atoms with Gasteiger partial charge in [0.2, 0.25) is 0 Å². The van der Waals surface area contributed by atoms with Crippen LogP contribution in [-0.2, 0) is 0 Å². The van der Waals surface area contributed by atoms with Gasteiger partial charge in [-0.15, -0.1) is 11.8 Å². The minimum Gasteiger partial charge on any atom is -0.312 e. The molecule has 1 heterocycles. The van der Waals surface area contributed by atoms with E-state index in [9.17, 15) is 0 Å². The monoisotopic (exact) mass is 273 g/mol. The molecule has 0 aliphatic carbocycles. The van der Waals surface area contributed by atoms with E-state index in [1.54, 1.807) is 24.3 Å². The molecule has 0 aliphatic heterocycles. The van der Waals surface area contributed by atoms with E-state index in [1.165, 1.54) is 16.7 Å². The molecule has 0 spiro atoms. The minimum atomic E-state index is 0.334. The predicted octanol–water partition coefficient (Wildman–Crippen LogP) is 3.15. The second-order valence-electron chi connectivity index (χ2n) is 4.56. The Balaban J connectivity index is 2.08. The highest BCUT2D eigenvalue weighted by atomic mass is 32.2. The number of nitrogens with zero attached hydrogens (tertiary/aromatic N) is 2. The van der Waals surface area contributed by atoms with Gasteiger partial charge in [-0.25, -0.2) is 9.97 Å². The van der Waals surface area contributed by atoms with E-state index in [4.69, 9.17) is 0 Å². The molecule has 0 radical (unpaired) electrons. The van der Waals surface area contributed by atoms with Crippen molar-refractivity contribution in [2.45, 2.75) is 24.9 Å². The molecule has 0 saturated carbocycles. The highest BCUT2D eigenvalue weighted by Gasteiger charge is 2.12. The lowest BCUT2D eigenvalue weighted by Gasteiger charge is -2.18. The second kappa shape index (κ2) is 6.68. The first-order chi connectivity index (χ1) is 9.20. The highest BCUT2D eigenvalue weighted by Crippen LogP contribution is 2.25. The molecule has 0 bridgehead atoms. The topological polar surface area (TPSA) is 37.8 Å². The number of nitrogens with one attached hydrogen (secondary N) is 1. The fourth-order valence-electron chi connectivity index (χ4n) is 2.08. The van der Waals surface area contributed by atoms with E-state index < -0.39 is 0 Å². The van der Waals surface area contributed by atoms with Gasteiger partial charge in [-0.2, -0.15) is 0 Å². The van der Waals surface area contributed by atoms with Crippen LogP contribution >= 0.6 is 11.8 Å². The van der Waals surface area contributed by atoms with Crippen molar-refractivity contribution >= 4 is 11.8 Å². The third-order valence-corrected chi connectivity index (χ3v) is 4.14. The number of rotatable bonds is 5. The Labute approximate surface area is 118 Å². The zero-order valence-corrected chi connectivity index (χ0v) is 12.4. The molecule has 1 aromatic carbocycles. The maximum Gasteiger partial charge on any atom is 0.116 e. The molecule has 2 aromatic rings. The SMILES string of the molecule is CNC(CSc1ccncn1)c1ccc(C)cc1C. The number of thioether (sulfide) groups is 1. The summed E-state index contributed by atoms with van der Waals surface area (Å²) in [7, 11) is 2.00. The maximum absolute atomic E-state index is 4.24. The lowest BCUT2D eigenvalue weighted by molar-refractivity contribution is 0.657. The summed E-state index contributed by atoms with van der Waals surface area (Å²) in [6.45, 7) is 4.29. The van der Waals surface area contributed by atoms with Crippen molar-refractivity contribution in [3.05, 3.63) is 53.5 Å². The van der Waals surface area contributed by atoms with Gasteiger partial charge in [0, 0.05) is 18.0 Å². The van der Waals surface area contributed by atoms with E-state index >= 15 is 0 Å². The number of hydrogen-bond acceptors (Lipinski definition) is 4. The van der Waals surface area contributed by atoms with Crippen molar-refractivity contribution in [2.75, 3.05) is 12.8 Å². The number of benzene rings is 1. The molecule has 1 atom stereocenters. The van der Waals surface area contributed by atoms with Gasteiger partial charge in [0.05, 0.1) is 5.03 Å². The Bertz CT molecular complexity index is 528. The molecule has 3 nitrogen and oxygen atoms in total. The van der Waals surface area contributed by atoms with E-state index in [1.807, 2.05) is 13.1 Å². The Morgan fingerprint density at radius 2 is 2.11 bits per heavy atom. The van der Waals surface area contributed by atoms with Crippen molar-refractivity contribution in [3.63, 3.8) is 0 Å². The Morgan fingerprint density at radius 1 is 1.26 bits per heavy atom. The molecule has 2 rings (SSSR count). The largest absolute Gasteiger partial charge is 0.312 e. The van der Waals surface area contributed by atoms with Crippen LogP contribution in [0.15, 0.2) is 41.8 Å². The zero-order chi connectivity index (χ0) is 13.7. The molecule has 1 unspecified atom stereocenters. The standard InChI is InChI=1S/C15H19N3S/c1-11-4-5-13(12(2)8-11)14(16-3)9-19-15-6-7-17-10-18-15/h4-8,10,14,16H,9H2,1-3H3. The maximum atomic E-state index is 4.24. The second-order valence-corrected chi connectivity index (χ2v) is 5.60. The first kappa shape index (κ1) is 14.0. The van der Waals surface area contributed by atoms with Crippen LogP contribution in [0.3, 0.4) is 0 Å². The van der Waals surface area contributed by atoms with Crippen LogP contribution in [0.4, 0.5) is 0 Å². The van der Waals surface area contributed by atoms with Crippen molar-refractivity contribution in [1.82, 2.24) is 15.3 Å². The van der Waals surface area contributed by atoms with Crippen LogP contribution in [0.25, 0.3) is 0 Å². The first-order valence-electron chi connectivity index (χ1n) is 6.34. The van der Waals surface area contributed by atoms with Crippen LogP contribution in [0, 0.1) is 13.8 Å². The van der Waals surface area contributed by atoms with Crippen LogP contribution < -0.4 is 5.32 Å². The third-order valence-electron chi connectivity index (χ3n) is 3.10. The summed E-state index contributed by atoms with van der Waals surface area (Å²) in [4.78, 5) is 8.17. The molecular weight excluding hydrogens is 254 g/mol. The normalized spacial score (nSPS) is 12.4. The van der Waals surface area contributed by atoms with Gasteiger partial charge in [-0.3, -0.25) is 0 Å². The Morgan fingerprint density at radius 3 is 2.74 bits per heavy atom. The predicted molar refractivity (Wildman–Crippen MR) is 80.5 cm³/mol. The van der Waals surface area contributed by atoms with Gasteiger partial charge in [0.15, 0.2) is 0 Å². The number of hydrogen-bond donors (Lipinski definition) is 1. The average Bonchev–Trinajstić information content (AvgIpc) is 2.42. The van der Waals surface area contributed by atoms with Gasteiger partial charge in [-0.05, 0) is 38.1 Å². The van der Waals surface area contributed by atoms with Crippen LogP contribution in [0.5, 0.6) is 0 Å². The highest BCUT2D eigenvalue weighted by molar-refractivity contribution is 7.99. The van der Waals surface area contributed by atoms with Crippen molar-refractivity contribution < 1.29 is 0 Å². The van der Waals surface area contributed by atoms with Crippen molar-refractivity contribution in [1.29, 1.82) is 0 Å². The summed E-state index contributed by atoms with van der Waals surface area (Å²) in [5.74, 6) is 0.956. The quantitative estimate of drug-likeness (QED) is 0.671. The van der Waals surface area contributed by atoms with Gasteiger partial charge in [0.25, 0.3) is 0 Å². The summed E-state index contributed by atoms with van der Waals surface area (Å²) in [5, 5.41) is 4.40. The van der Waals surface area contributed by atoms with Crippen molar-refractivity contribution in [2.24, 2.45) is 0 Å². The summed E-state index contributed by atoms with van der Waals surface area (Å²) < 4.78 is 0. The molecule has 4 heteroatoms. The van der Waals surface area contributed by atoms with Gasteiger partial charge < -0.3 is 5.32 Å². The van der Waals surface area contributed by atoms with Crippen LogP contribution in [0.1, 0.15) is 22.7 Å². The summed E-state index contributed by atoms with van der Waals surface area (Å²) in [5.41, 5.74) is 4.00. The molecule has 0 aliphatic rings. The fraction of sp³-hybridized carbons (Fsp3) is 0.333. The van der Waals surface area contributed by atoms with E-state index in [0.717, 1.165) is 10.8 Å². The van der Waals surface area contributed by atoms with Crippen LogP contribution in [-0.4, -0.2) is 22.8 Å². The van der Waals surface area contributed by atoms with E-state index in [-0.39, 0.29) is 0 Å². The summed E-state index contributed by atoms with van der Waals surface area (Å²) in [6, 6.07) is 8.89. The van der Waals surface area contributed by atoms with E-state index in [0.29, 0.717) is 6.04 Å². The molecule has 0 saturated heterocycles.